The fourth-order valence-electron chi connectivity index (χ4n) is 0.319. The van der Waals surface area contributed by atoms with Crippen molar-refractivity contribution < 1.29 is 4.79 Å². The molecule has 0 unspecified atom stereocenters. The molecule has 0 saturated heterocycles. The van der Waals surface area contributed by atoms with E-state index in [4.69, 9.17) is 11.6 Å². The highest BCUT2D eigenvalue weighted by Gasteiger charge is 1.94. The number of halogens is 1. The first-order valence-corrected chi connectivity index (χ1v) is 3.14. The first kappa shape index (κ1) is 8.50. The molecule has 0 saturated carbocycles. The molecule has 0 aromatic heterocycles. The van der Waals surface area contributed by atoms with E-state index in [-0.39, 0.29) is 5.91 Å². The van der Waals surface area contributed by atoms with Crippen LogP contribution in [0.25, 0.3) is 0 Å². The summed E-state index contributed by atoms with van der Waals surface area (Å²) in [6, 6.07) is 0. The molecule has 3 heteroatoms. The molecule has 52 valence electrons. The van der Waals surface area contributed by atoms with Gasteiger partial charge in [0.2, 0.25) is 5.91 Å². The van der Waals surface area contributed by atoms with Crippen molar-refractivity contribution in [2.45, 2.75) is 13.3 Å². The number of nitrogens with one attached hydrogen (secondary N) is 1. The first-order valence-electron chi connectivity index (χ1n) is 2.76. The minimum absolute atomic E-state index is 0.00296. The SMILES string of the molecule is C=C(Cl)CNC(=O)CC. The van der Waals surface area contributed by atoms with Gasteiger partial charge in [-0.15, -0.1) is 0 Å². The van der Waals surface area contributed by atoms with Crippen molar-refractivity contribution in [3.63, 3.8) is 0 Å². The molecule has 2 nitrogen and oxygen atoms in total. The number of rotatable bonds is 3. The maximum atomic E-state index is 10.5. The van der Waals surface area contributed by atoms with Gasteiger partial charge in [0, 0.05) is 11.5 Å². The van der Waals surface area contributed by atoms with Crippen molar-refractivity contribution in [3.8, 4) is 0 Å². The minimum Gasteiger partial charge on any atom is -0.351 e. The maximum absolute atomic E-state index is 10.5. The Morgan fingerprint density at radius 1 is 1.78 bits per heavy atom. The topological polar surface area (TPSA) is 29.1 Å². The van der Waals surface area contributed by atoms with Gasteiger partial charge in [0.15, 0.2) is 0 Å². The van der Waals surface area contributed by atoms with Crippen molar-refractivity contribution in [2.75, 3.05) is 6.54 Å². The lowest BCUT2D eigenvalue weighted by molar-refractivity contribution is -0.120. The van der Waals surface area contributed by atoms with Crippen LogP contribution < -0.4 is 5.32 Å². The second-order valence-corrected chi connectivity index (χ2v) is 2.18. The average molecular weight is 148 g/mol. The van der Waals surface area contributed by atoms with Gasteiger partial charge in [-0.05, 0) is 0 Å². The van der Waals surface area contributed by atoms with Gasteiger partial charge in [-0.1, -0.05) is 25.1 Å². The molecule has 0 spiro atoms. The normalized spacial score (nSPS) is 8.67. The molecular weight excluding hydrogens is 138 g/mol. The zero-order chi connectivity index (χ0) is 7.28. The lowest BCUT2D eigenvalue weighted by Gasteiger charge is -1.98. The number of carbonyl (C=O) groups is 1. The van der Waals surface area contributed by atoms with Crippen molar-refractivity contribution in [2.24, 2.45) is 0 Å². The molecule has 0 rings (SSSR count). The molecule has 0 aliphatic heterocycles. The maximum Gasteiger partial charge on any atom is 0.220 e. The van der Waals surface area contributed by atoms with Crippen LogP contribution in [-0.2, 0) is 4.79 Å². The van der Waals surface area contributed by atoms with E-state index in [9.17, 15) is 4.79 Å². The average Bonchev–Trinajstić information content (AvgIpc) is 1.83. The Hall–Kier alpha value is -0.500. The third-order valence-electron chi connectivity index (χ3n) is 0.798. The molecular formula is C6H10ClNO. The zero-order valence-corrected chi connectivity index (χ0v) is 6.16. The molecule has 0 radical (unpaired) electrons. The second kappa shape index (κ2) is 4.39. The summed E-state index contributed by atoms with van der Waals surface area (Å²) in [5.41, 5.74) is 0. The van der Waals surface area contributed by atoms with Crippen LogP contribution >= 0.6 is 11.6 Å². The van der Waals surface area contributed by atoms with Gasteiger partial charge < -0.3 is 5.32 Å². The highest BCUT2D eigenvalue weighted by molar-refractivity contribution is 6.29. The second-order valence-electron chi connectivity index (χ2n) is 1.65. The van der Waals surface area contributed by atoms with Crippen molar-refractivity contribution in [3.05, 3.63) is 11.6 Å². The van der Waals surface area contributed by atoms with E-state index >= 15 is 0 Å². The van der Waals surface area contributed by atoms with Gasteiger partial charge >= 0.3 is 0 Å². The molecule has 9 heavy (non-hydrogen) atoms. The predicted molar refractivity (Wildman–Crippen MR) is 38.3 cm³/mol. The molecule has 0 fully saturated rings. The van der Waals surface area contributed by atoms with E-state index in [0.29, 0.717) is 18.0 Å². The molecule has 0 aromatic carbocycles. The van der Waals surface area contributed by atoms with Crippen molar-refractivity contribution in [1.82, 2.24) is 5.32 Å². The third kappa shape index (κ3) is 5.37. The summed E-state index contributed by atoms with van der Waals surface area (Å²) in [4.78, 5) is 10.5. The van der Waals surface area contributed by atoms with E-state index in [1.54, 1.807) is 6.92 Å². The molecule has 0 aliphatic rings. The van der Waals surface area contributed by atoms with Gasteiger partial charge in [-0.2, -0.15) is 0 Å². The van der Waals surface area contributed by atoms with Gasteiger partial charge in [-0.25, -0.2) is 0 Å². The third-order valence-corrected chi connectivity index (χ3v) is 0.932. The zero-order valence-electron chi connectivity index (χ0n) is 5.41. The first-order chi connectivity index (χ1) is 4.16. The largest absolute Gasteiger partial charge is 0.351 e. The Morgan fingerprint density at radius 2 is 2.33 bits per heavy atom. The fraction of sp³-hybridized carbons (Fsp3) is 0.500. The molecule has 0 bridgehead atoms. The van der Waals surface area contributed by atoms with E-state index in [0.717, 1.165) is 0 Å². The van der Waals surface area contributed by atoms with Gasteiger partial charge in [-0.3, -0.25) is 4.79 Å². The molecule has 1 amide bonds. The number of hydrogen-bond acceptors (Lipinski definition) is 1. The van der Waals surface area contributed by atoms with Gasteiger partial charge in [0.25, 0.3) is 0 Å². The summed E-state index contributed by atoms with van der Waals surface area (Å²) >= 11 is 5.37. The summed E-state index contributed by atoms with van der Waals surface area (Å²) in [6.07, 6.45) is 0.490. The Balaban J connectivity index is 3.28. The van der Waals surface area contributed by atoms with Crippen LogP contribution in [0.15, 0.2) is 11.6 Å². The number of hydrogen-bond donors (Lipinski definition) is 1. The van der Waals surface area contributed by atoms with Crippen molar-refractivity contribution in [1.29, 1.82) is 0 Å². The van der Waals surface area contributed by atoms with Gasteiger partial charge in [0.05, 0.1) is 6.54 Å². The smallest absolute Gasteiger partial charge is 0.220 e. The van der Waals surface area contributed by atoms with Gasteiger partial charge in [0.1, 0.15) is 0 Å². The van der Waals surface area contributed by atoms with E-state index in [2.05, 4.69) is 11.9 Å². The van der Waals surface area contributed by atoms with Crippen LogP contribution in [0.2, 0.25) is 0 Å². The molecule has 1 N–H and O–H groups in total. The Kier molecular flexibility index (Phi) is 4.14. The summed E-state index contributed by atoms with van der Waals surface area (Å²) in [6.45, 7) is 5.57. The Morgan fingerprint density at radius 3 is 2.67 bits per heavy atom. The Bertz CT molecular complexity index is 122. The monoisotopic (exact) mass is 147 g/mol. The molecule has 0 heterocycles. The standard InChI is InChI=1S/C6H10ClNO/c1-3-6(9)8-4-5(2)7/h2-4H2,1H3,(H,8,9). The molecule has 0 aliphatic carbocycles. The quantitative estimate of drug-likeness (QED) is 0.640. The van der Waals surface area contributed by atoms with Crippen molar-refractivity contribution >= 4 is 17.5 Å². The molecule has 0 aromatic rings. The van der Waals surface area contributed by atoms with E-state index < -0.39 is 0 Å². The molecule has 0 atom stereocenters. The lowest BCUT2D eigenvalue weighted by atomic mass is 10.4. The van der Waals surface area contributed by atoms with E-state index in [1.165, 1.54) is 0 Å². The predicted octanol–water partition coefficient (Wildman–Crippen LogP) is 1.27. The van der Waals surface area contributed by atoms with Crippen LogP contribution in [0.5, 0.6) is 0 Å². The Labute approximate surface area is 59.9 Å². The van der Waals surface area contributed by atoms with Crippen LogP contribution in [-0.4, -0.2) is 12.5 Å². The lowest BCUT2D eigenvalue weighted by Crippen LogP contribution is -2.22. The summed E-state index contributed by atoms with van der Waals surface area (Å²) in [5.74, 6) is -0.00296. The summed E-state index contributed by atoms with van der Waals surface area (Å²) in [7, 11) is 0. The van der Waals surface area contributed by atoms with Crippen LogP contribution in [0.1, 0.15) is 13.3 Å². The fourth-order valence-corrected chi connectivity index (χ4v) is 0.386. The van der Waals surface area contributed by atoms with Crippen LogP contribution in [0, 0.1) is 0 Å². The van der Waals surface area contributed by atoms with E-state index in [1.807, 2.05) is 0 Å². The highest BCUT2D eigenvalue weighted by atomic mass is 35.5. The number of carbonyl (C=O) groups excluding carboxylic acids is 1. The van der Waals surface area contributed by atoms with Crippen LogP contribution in [0.4, 0.5) is 0 Å². The number of amides is 1. The summed E-state index contributed by atoms with van der Waals surface area (Å²) in [5, 5.41) is 3.02. The van der Waals surface area contributed by atoms with Crippen LogP contribution in [0.3, 0.4) is 0 Å². The summed E-state index contributed by atoms with van der Waals surface area (Å²) < 4.78 is 0. The minimum atomic E-state index is -0.00296. The highest BCUT2D eigenvalue weighted by Crippen LogP contribution is 1.91.